The maximum atomic E-state index is 12.5. The first-order chi connectivity index (χ1) is 12.5. The van der Waals surface area contributed by atoms with E-state index in [0.29, 0.717) is 31.7 Å². The molecule has 2 amide bonds. The number of carbonyl (C=O) groups is 2. The molecule has 3 rings (SSSR count). The third-order valence-electron chi connectivity index (χ3n) is 4.63. The number of phenolic OH excluding ortho intramolecular Hbond substituents is 1. The Bertz CT molecular complexity index is 771. The molecule has 2 aromatic carbocycles. The predicted octanol–water partition coefficient (Wildman–Crippen LogP) is 1.77. The van der Waals surface area contributed by atoms with Crippen LogP contribution in [-0.4, -0.2) is 52.9 Å². The molecule has 0 saturated carbocycles. The summed E-state index contributed by atoms with van der Waals surface area (Å²) in [6.45, 7) is 1.93. The fraction of sp³-hybridized carbons (Fsp3) is 0.300. The van der Waals surface area contributed by atoms with E-state index >= 15 is 0 Å². The Morgan fingerprint density at radius 1 is 0.962 bits per heavy atom. The molecular formula is C20H23N3O3. The lowest BCUT2D eigenvalue weighted by Gasteiger charge is -2.35. The van der Waals surface area contributed by atoms with Gasteiger partial charge in [0.1, 0.15) is 5.75 Å². The maximum Gasteiger partial charge on any atom is 0.254 e. The minimum atomic E-state index is -0.323. The van der Waals surface area contributed by atoms with Crippen LogP contribution in [0.2, 0.25) is 0 Å². The largest absolute Gasteiger partial charge is 0.508 e. The highest BCUT2D eigenvalue weighted by Gasteiger charge is 2.26. The molecule has 0 bridgehead atoms. The van der Waals surface area contributed by atoms with Crippen molar-refractivity contribution in [3.63, 3.8) is 0 Å². The van der Waals surface area contributed by atoms with E-state index in [-0.39, 0.29) is 30.0 Å². The highest BCUT2D eigenvalue weighted by Crippen LogP contribution is 2.17. The van der Waals surface area contributed by atoms with Crippen LogP contribution in [0.4, 0.5) is 0 Å². The molecule has 0 spiro atoms. The summed E-state index contributed by atoms with van der Waals surface area (Å²) in [5.74, 6) is -0.0562. The van der Waals surface area contributed by atoms with Gasteiger partial charge in [-0.3, -0.25) is 9.59 Å². The molecule has 1 unspecified atom stereocenters. The number of rotatable bonds is 4. The molecule has 0 aromatic heterocycles. The first-order valence-electron chi connectivity index (χ1n) is 8.71. The fourth-order valence-electron chi connectivity index (χ4n) is 3.12. The van der Waals surface area contributed by atoms with Crippen molar-refractivity contribution >= 4 is 11.8 Å². The van der Waals surface area contributed by atoms with Crippen molar-refractivity contribution in [1.29, 1.82) is 0 Å². The molecular weight excluding hydrogens is 330 g/mol. The van der Waals surface area contributed by atoms with Crippen LogP contribution in [0, 0.1) is 0 Å². The van der Waals surface area contributed by atoms with Crippen molar-refractivity contribution in [2.75, 3.05) is 26.2 Å². The van der Waals surface area contributed by atoms with Gasteiger partial charge in [0.2, 0.25) is 5.91 Å². The van der Waals surface area contributed by atoms with E-state index in [2.05, 4.69) is 0 Å². The number of piperazine rings is 1. The molecule has 0 radical (unpaired) electrons. The van der Waals surface area contributed by atoms with Gasteiger partial charge in [0.25, 0.3) is 5.91 Å². The topological polar surface area (TPSA) is 86.9 Å². The first-order valence-corrected chi connectivity index (χ1v) is 8.71. The molecule has 136 valence electrons. The van der Waals surface area contributed by atoms with E-state index in [0.717, 1.165) is 5.56 Å². The molecule has 3 N–H and O–H groups in total. The summed E-state index contributed by atoms with van der Waals surface area (Å²) < 4.78 is 0. The van der Waals surface area contributed by atoms with Crippen LogP contribution >= 0.6 is 0 Å². The Morgan fingerprint density at radius 3 is 2.27 bits per heavy atom. The van der Waals surface area contributed by atoms with Gasteiger partial charge in [0.15, 0.2) is 0 Å². The zero-order valence-corrected chi connectivity index (χ0v) is 14.5. The molecule has 0 aliphatic carbocycles. The van der Waals surface area contributed by atoms with Gasteiger partial charge in [-0.1, -0.05) is 36.4 Å². The summed E-state index contributed by atoms with van der Waals surface area (Å²) in [6, 6.07) is 15.6. The fourth-order valence-corrected chi connectivity index (χ4v) is 3.12. The minimum Gasteiger partial charge on any atom is -0.508 e. The van der Waals surface area contributed by atoms with E-state index < -0.39 is 0 Å². The van der Waals surface area contributed by atoms with Gasteiger partial charge in [-0.15, -0.1) is 0 Å². The number of hydrogen-bond acceptors (Lipinski definition) is 4. The average Bonchev–Trinajstić information content (AvgIpc) is 2.68. The van der Waals surface area contributed by atoms with Crippen LogP contribution < -0.4 is 5.73 Å². The maximum absolute atomic E-state index is 12.5. The Labute approximate surface area is 152 Å². The average molecular weight is 353 g/mol. The molecule has 1 heterocycles. The quantitative estimate of drug-likeness (QED) is 0.877. The molecule has 1 aliphatic rings. The van der Waals surface area contributed by atoms with Crippen LogP contribution in [-0.2, 0) is 4.79 Å². The minimum absolute atomic E-state index is 0.00538. The summed E-state index contributed by atoms with van der Waals surface area (Å²) >= 11 is 0. The normalized spacial score (nSPS) is 15.6. The van der Waals surface area contributed by atoms with Gasteiger partial charge >= 0.3 is 0 Å². The Balaban J connectivity index is 1.53. The lowest BCUT2D eigenvalue weighted by Crippen LogP contribution is -2.51. The SMILES string of the molecule is NC(CC(=O)N1CCN(C(=O)c2cccc(O)c2)CC1)c1ccccc1. The van der Waals surface area contributed by atoms with Crippen molar-refractivity contribution < 1.29 is 14.7 Å². The second-order valence-corrected chi connectivity index (χ2v) is 6.44. The van der Waals surface area contributed by atoms with Gasteiger partial charge in [-0.05, 0) is 23.8 Å². The molecule has 6 heteroatoms. The Hall–Kier alpha value is -2.86. The number of carbonyl (C=O) groups excluding carboxylic acids is 2. The Kier molecular flexibility index (Phi) is 5.53. The molecule has 6 nitrogen and oxygen atoms in total. The van der Waals surface area contributed by atoms with Gasteiger partial charge in [-0.25, -0.2) is 0 Å². The van der Waals surface area contributed by atoms with Crippen LogP contribution in [0.3, 0.4) is 0 Å². The number of phenols is 1. The highest BCUT2D eigenvalue weighted by atomic mass is 16.3. The van der Waals surface area contributed by atoms with Crippen molar-refractivity contribution in [3.8, 4) is 5.75 Å². The Morgan fingerprint density at radius 2 is 1.62 bits per heavy atom. The lowest BCUT2D eigenvalue weighted by atomic mass is 10.0. The molecule has 1 fully saturated rings. The second-order valence-electron chi connectivity index (χ2n) is 6.44. The number of benzene rings is 2. The van der Waals surface area contributed by atoms with Gasteiger partial charge in [0.05, 0.1) is 0 Å². The number of hydrogen-bond donors (Lipinski definition) is 2. The molecule has 1 atom stereocenters. The third kappa shape index (κ3) is 4.21. The van der Waals surface area contributed by atoms with Crippen LogP contribution in [0.15, 0.2) is 54.6 Å². The molecule has 26 heavy (non-hydrogen) atoms. The van der Waals surface area contributed by atoms with Crippen molar-refractivity contribution in [1.82, 2.24) is 9.80 Å². The molecule has 1 saturated heterocycles. The number of amides is 2. The monoisotopic (exact) mass is 353 g/mol. The molecule has 2 aromatic rings. The van der Waals surface area contributed by atoms with Gasteiger partial charge < -0.3 is 20.6 Å². The second kappa shape index (κ2) is 8.01. The lowest BCUT2D eigenvalue weighted by molar-refractivity contribution is -0.133. The van der Waals surface area contributed by atoms with Crippen LogP contribution in [0.5, 0.6) is 5.75 Å². The number of nitrogens with zero attached hydrogens (tertiary/aromatic N) is 2. The van der Waals surface area contributed by atoms with Crippen molar-refractivity contribution in [3.05, 3.63) is 65.7 Å². The van der Waals surface area contributed by atoms with E-state index in [1.807, 2.05) is 30.3 Å². The predicted molar refractivity (Wildman–Crippen MR) is 98.6 cm³/mol. The standard InChI is InChI=1S/C20H23N3O3/c21-18(15-5-2-1-3-6-15)14-19(25)22-9-11-23(12-10-22)20(26)16-7-4-8-17(24)13-16/h1-8,13,18,24H,9-12,14,21H2. The van der Waals surface area contributed by atoms with E-state index in [4.69, 9.17) is 5.73 Å². The van der Waals surface area contributed by atoms with Crippen molar-refractivity contribution in [2.24, 2.45) is 5.73 Å². The zero-order chi connectivity index (χ0) is 18.5. The molecule has 1 aliphatic heterocycles. The van der Waals surface area contributed by atoms with Crippen LogP contribution in [0.25, 0.3) is 0 Å². The van der Waals surface area contributed by atoms with Gasteiger partial charge in [-0.2, -0.15) is 0 Å². The third-order valence-corrected chi connectivity index (χ3v) is 4.63. The van der Waals surface area contributed by atoms with E-state index in [9.17, 15) is 14.7 Å². The highest BCUT2D eigenvalue weighted by molar-refractivity contribution is 5.94. The number of aromatic hydroxyl groups is 1. The first kappa shape index (κ1) is 17.9. The van der Waals surface area contributed by atoms with Crippen molar-refractivity contribution in [2.45, 2.75) is 12.5 Å². The van der Waals surface area contributed by atoms with E-state index in [1.54, 1.807) is 21.9 Å². The summed E-state index contributed by atoms with van der Waals surface area (Å²) in [4.78, 5) is 28.4. The summed E-state index contributed by atoms with van der Waals surface area (Å²) in [6.07, 6.45) is 0.254. The summed E-state index contributed by atoms with van der Waals surface area (Å²) in [7, 11) is 0. The van der Waals surface area contributed by atoms with Gasteiger partial charge in [0, 0.05) is 44.2 Å². The summed E-state index contributed by atoms with van der Waals surface area (Å²) in [5.41, 5.74) is 7.53. The van der Waals surface area contributed by atoms with E-state index in [1.165, 1.54) is 12.1 Å². The smallest absolute Gasteiger partial charge is 0.254 e. The number of nitrogens with two attached hydrogens (primary N) is 1. The zero-order valence-electron chi connectivity index (χ0n) is 14.5. The van der Waals surface area contributed by atoms with Crippen LogP contribution in [0.1, 0.15) is 28.4 Å². The summed E-state index contributed by atoms with van der Waals surface area (Å²) in [5, 5.41) is 9.52.